The maximum absolute atomic E-state index is 11.4. The molecule has 0 aliphatic heterocycles. The van der Waals surface area contributed by atoms with Crippen LogP contribution in [0.2, 0.25) is 0 Å². The van der Waals surface area contributed by atoms with Crippen LogP contribution in [-0.4, -0.2) is 19.6 Å². The maximum Gasteiger partial charge on any atom is 0.333 e. The summed E-state index contributed by atoms with van der Waals surface area (Å²) in [6, 6.07) is 4.57. The number of nitrogens with one attached hydrogen (secondary N) is 1. The van der Waals surface area contributed by atoms with E-state index in [2.05, 4.69) is 31.3 Å². The Morgan fingerprint density at radius 1 is 1.56 bits per heavy atom. The Kier molecular flexibility index (Phi) is 6.09. The summed E-state index contributed by atoms with van der Waals surface area (Å²) in [7, 11) is 1.41. The molecule has 100 valence electrons. The van der Waals surface area contributed by atoms with Crippen molar-refractivity contribution in [3.05, 3.63) is 33.5 Å². The smallest absolute Gasteiger partial charge is 0.333 e. The van der Waals surface area contributed by atoms with Crippen LogP contribution in [0.4, 0.5) is 0 Å². The van der Waals surface area contributed by atoms with Gasteiger partial charge in [-0.15, -0.1) is 11.3 Å². The van der Waals surface area contributed by atoms with Crippen molar-refractivity contribution in [1.29, 1.82) is 0 Å². The summed E-state index contributed by atoms with van der Waals surface area (Å²) < 4.78 is 4.72. The van der Waals surface area contributed by atoms with E-state index in [1.165, 1.54) is 16.9 Å². The van der Waals surface area contributed by atoms with Gasteiger partial charge in [0.1, 0.15) is 0 Å². The van der Waals surface area contributed by atoms with Crippen LogP contribution in [-0.2, 0) is 9.53 Å². The number of hydrogen-bond acceptors (Lipinski definition) is 4. The average Bonchev–Trinajstić information content (AvgIpc) is 2.80. The van der Waals surface area contributed by atoms with Crippen molar-refractivity contribution >= 4 is 17.3 Å². The highest BCUT2D eigenvalue weighted by atomic mass is 32.1. The van der Waals surface area contributed by atoms with Gasteiger partial charge in [0, 0.05) is 27.9 Å². The van der Waals surface area contributed by atoms with Crippen LogP contribution < -0.4 is 5.32 Å². The Morgan fingerprint density at radius 3 is 2.78 bits per heavy atom. The monoisotopic (exact) mass is 267 g/mol. The van der Waals surface area contributed by atoms with E-state index >= 15 is 0 Å². The third kappa shape index (κ3) is 4.27. The SMILES string of the molecule is CC/C(=C/CNC(C)c1ccc(C)s1)C(=O)OC. The molecule has 0 fully saturated rings. The molecule has 0 saturated heterocycles. The van der Waals surface area contributed by atoms with Gasteiger partial charge in [0.15, 0.2) is 0 Å². The fourth-order valence-corrected chi connectivity index (χ4v) is 2.55. The molecule has 3 nitrogen and oxygen atoms in total. The molecule has 1 aromatic rings. The number of carbonyl (C=O) groups excluding carboxylic acids is 1. The molecule has 0 saturated carbocycles. The summed E-state index contributed by atoms with van der Waals surface area (Å²) in [4.78, 5) is 14.0. The number of esters is 1. The first-order valence-electron chi connectivity index (χ1n) is 6.15. The second-order valence-corrected chi connectivity index (χ2v) is 5.47. The predicted molar refractivity (Wildman–Crippen MR) is 75.9 cm³/mol. The van der Waals surface area contributed by atoms with Gasteiger partial charge in [0.25, 0.3) is 0 Å². The van der Waals surface area contributed by atoms with Gasteiger partial charge < -0.3 is 10.1 Å². The maximum atomic E-state index is 11.4. The molecule has 1 N–H and O–H groups in total. The van der Waals surface area contributed by atoms with E-state index in [1.807, 2.05) is 13.0 Å². The standard InChI is InChI=1S/C14H21NO2S/c1-5-12(14(16)17-4)8-9-15-11(3)13-7-6-10(2)18-13/h6-8,11,15H,5,9H2,1-4H3/b12-8-. The molecule has 0 amide bonds. The topological polar surface area (TPSA) is 38.3 Å². The van der Waals surface area contributed by atoms with Crippen LogP contribution in [0.15, 0.2) is 23.8 Å². The van der Waals surface area contributed by atoms with E-state index in [9.17, 15) is 4.79 Å². The van der Waals surface area contributed by atoms with Crippen molar-refractivity contribution in [3.63, 3.8) is 0 Å². The Balaban J connectivity index is 2.50. The molecule has 0 aliphatic carbocycles. The minimum Gasteiger partial charge on any atom is -0.466 e. The zero-order valence-electron chi connectivity index (χ0n) is 11.4. The molecule has 1 rings (SSSR count). The van der Waals surface area contributed by atoms with Crippen molar-refractivity contribution in [2.75, 3.05) is 13.7 Å². The number of rotatable bonds is 6. The van der Waals surface area contributed by atoms with Gasteiger partial charge in [-0.3, -0.25) is 0 Å². The van der Waals surface area contributed by atoms with Gasteiger partial charge >= 0.3 is 5.97 Å². The van der Waals surface area contributed by atoms with Crippen molar-refractivity contribution in [2.24, 2.45) is 0 Å². The molecule has 1 atom stereocenters. The number of thiophene rings is 1. The van der Waals surface area contributed by atoms with Crippen LogP contribution in [0, 0.1) is 6.92 Å². The van der Waals surface area contributed by atoms with Crippen molar-refractivity contribution in [1.82, 2.24) is 5.32 Å². The van der Waals surface area contributed by atoms with Gasteiger partial charge in [-0.05, 0) is 32.4 Å². The van der Waals surface area contributed by atoms with E-state index < -0.39 is 0 Å². The van der Waals surface area contributed by atoms with E-state index in [4.69, 9.17) is 4.74 Å². The second-order valence-electron chi connectivity index (χ2n) is 4.15. The van der Waals surface area contributed by atoms with Crippen LogP contribution in [0.25, 0.3) is 0 Å². The van der Waals surface area contributed by atoms with Crippen molar-refractivity contribution < 1.29 is 9.53 Å². The third-order valence-corrected chi connectivity index (χ3v) is 3.97. The first kappa shape index (κ1) is 14.9. The van der Waals surface area contributed by atoms with Crippen molar-refractivity contribution in [2.45, 2.75) is 33.2 Å². The Bertz CT molecular complexity index is 423. The van der Waals surface area contributed by atoms with Gasteiger partial charge in [-0.2, -0.15) is 0 Å². The molecule has 18 heavy (non-hydrogen) atoms. The molecular weight excluding hydrogens is 246 g/mol. The summed E-state index contributed by atoms with van der Waals surface area (Å²) in [6.07, 6.45) is 2.60. The van der Waals surface area contributed by atoms with Gasteiger partial charge in [-0.1, -0.05) is 13.0 Å². The van der Waals surface area contributed by atoms with Crippen LogP contribution in [0.3, 0.4) is 0 Å². The molecule has 4 heteroatoms. The van der Waals surface area contributed by atoms with Crippen LogP contribution in [0.1, 0.15) is 36.1 Å². The van der Waals surface area contributed by atoms with E-state index in [1.54, 1.807) is 11.3 Å². The Morgan fingerprint density at radius 2 is 2.28 bits per heavy atom. The summed E-state index contributed by atoms with van der Waals surface area (Å²) in [5.74, 6) is -0.237. The van der Waals surface area contributed by atoms with Crippen LogP contribution >= 0.6 is 11.3 Å². The van der Waals surface area contributed by atoms with E-state index in [-0.39, 0.29) is 5.97 Å². The van der Waals surface area contributed by atoms with E-state index in [0.717, 1.165) is 5.57 Å². The fraction of sp³-hybridized carbons (Fsp3) is 0.500. The highest BCUT2D eigenvalue weighted by molar-refractivity contribution is 7.12. The summed E-state index contributed by atoms with van der Waals surface area (Å²) in [6.45, 7) is 6.86. The second kappa shape index (κ2) is 7.34. The molecule has 0 aliphatic rings. The van der Waals surface area contributed by atoms with Crippen LogP contribution in [0.5, 0.6) is 0 Å². The number of methoxy groups -OCH3 is 1. The molecular formula is C14H21NO2S. The zero-order chi connectivity index (χ0) is 13.5. The largest absolute Gasteiger partial charge is 0.466 e. The summed E-state index contributed by atoms with van der Waals surface area (Å²) in [5.41, 5.74) is 0.722. The Labute approximate surface area is 113 Å². The predicted octanol–water partition coefficient (Wildman–Crippen LogP) is 3.22. The first-order valence-corrected chi connectivity index (χ1v) is 6.97. The fourth-order valence-electron chi connectivity index (χ4n) is 1.65. The number of aryl methyl sites for hydroxylation is 1. The van der Waals surface area contributed by atoms with Gasteiger partial charge in [0.2, 0.25) is 0 Å². The normalized spacial score (nSPS) is 13.4. The van der Waals surface area contributed by atoms with Gasteiger partial charge in [0.05, 0.1) is 7.11 Å². The minimum absolute atomic E-state index is 0.237. The number of carbonyl (C=O) groups is 1. The lowest BCUT2D eigenvalue weighted by molar-refractivity contribution is -0.136. The minimum atomic E-state index is -0.237. The molecule has 0 spiro atoms. The lowest BCUT2D eigenvalue weighted by atomic mass is 10.2. The van der Waals surface area contributed by atoms with E-state index in [0.29, 0.717) is 19.0 Å². The summed E-state index contributed by atoms with van der Waals surface area (Å²) >= 11 is 1.80. The highest BCUT2D eigenvalue weighted by Gasteiger charge is 2.08. The molecule has 0 radical (unpaired) electrons. The lowest BCUT2D eigenvalue weighted by Crippen LogP contribution is -2.18. The zero-order valence-corrected chi connectivity index (χ0v) is 12.3. The molecule has 1 heterocycles. The molecule has 1 aromatic heterocycles. The number of hydrogen-bond donors (Lipinski definition) is 1. The van der Waals surface area contributed by atoms with Gasteiger partial charge in [-0.25, -0.2) is 4.79 Å². The summed E-state index contributed by atoms with van der Waals surface area (Å²) in [5, 5.41) is 3.38. The molecule has 0 bridgehead atoms. The molecule has 1 unspecified atom stereocenters. The average molecular weight is 267 g/mol. The lowest BCUT2D eigenvalue weighted by Gasteiger charge is -2.10. The number of ether oxygens (including phenoxy) is 1. The molecule has 0 aromatic carbocycles. The highest BCUT2D eigenvalue weighted by Crippen LogP contribution is 2.22. The van der Waals surface area contributed by atoms with Crippen molar-refractivity contribution in [3.8, 4) is 0 Å². The first-order chi connectivity index (χ1) is 8.58. The third-order valence-electron chi connectivity index (χ3n) is 2.79. The Hall–Kier alpha value is -1.13. The quantitative estimate of drug-likeness (QED) is 0.635.